The molecule has 1 aliphatic carbocycles. The molecule has 0 saturated carbocycles. The summed E-state index contributed by atoms with van der Waals surface area (Å²) in [4.78, 5) is 17.1. The summed E-state index contributed by atoms with van der Waals surface area (Å²) < 4.78 is 4.94. The lowest BCUT2D eigenvalue weighted by molar-refractivity contribution is -0.137. The van der Waals surface area contributed by atoms with Gasteiger partial charge in [-0.25, -0.2) is 9.78 Å². The molecule has 0 radical (unpaired) electrons. The van der Waals surface area contributed by atoms with Crippen LogP contribution in [-0.4, -0.2) is 17.6 Å². The number of ether oxygens (including phenoxy) is 1. The first-order valence-corrected chi connectivity index (χ1v) is 6.36. The number of esters is 1. The number of hydrogen-bond donors (Lipinski definition) is 0. The van der Waals surface area contributed by atoms with Crippen LogP contribution in [0.5, 0.6) is 0 Å². The van der Waals surface area contributed by atoms with Crippen molar-refractivity contribution in [3.8, 4) is 0 Å². The number of aryl methyl sites for hydroxylation is 2. The van der Waals surface area contributed by atoms with Crippen LogP contribution in [0.2, 0.25) is 0 Å². The minimum Gasteiger partial charge on any atom is -0.463 e. The number of hydrogen-bond acceptors (Lipinski definition) is 4. The lowest BCUT2D eigenvalue weighted by Gasteiger charge is -2.12. The molecule has 0 unspecified atom stereocenters. The first kappa shape index (κ1) is 11.3. The van der Waals surface area contributed by atoms with Gasteiger partial charge in [0.1, 0.15) is 0 Å². The van der Waals surface area contributed by atoms with Crippen LogP contribution < -0.4 is 0 Å². The van der Waals surface area contributed by atoms with Gasteiger partial charge in [0.05, 0.1) is 22.2 Å². The van der Waals surface area contributed by atoms with E-state index in [-0.39, 0.29) is 5.97 Å². The molecule has 0 atom stereocenters. The first-order chi connectivity index (χ1) is 7.70. The quantitative estimate of drug-likeness (QED) is 0.586. The molecule has 1 aromatic rings. The molecule has 0 N–H and O–H groups in total. The highest BCUT2D eigenvalue weighted by molar-refractivity contribution is 7.12. The fraction of sp³-hybridized carbons (Fsp3) is 0.500. The van der Waals surface area contributed by atoms with Gasteiger partial charge < -0.3 is 4.74 Å². The van der Waals surface area contributed by atoms with Crippen molar-refractivity contribution in [1.82, 2.24) is 4.98 Å². The molecule has 2 rings (SSSR count). The van der Waals surface area contributed by atoms with E-state index in [4.69, 9.17) is 4.74 Å². The average Bonchev–Trinajstić information content (AvgIpc) is 2.60. The van der Waals surface area contributed by atoms with Crippen molar-refractivity contribution in [2.45, 2.75) is 33.1 Å². The molecule has 0 bridgehead atoms. The molecule has 86 valence electrons. The SMILES string of the molecule is CCOC(=O)/C=C1/CCCc2nc(C)sc21. The van der Waals surface area contributed by atoms with Gasteiger partial charge in [0, 0.05) is 6.08 Å². The van der Waals surface area contributed by atoms with Gasteiger partial charge in [-0.3, -0.25) is 0 Å². The van der Waals surface area contributed by atoms with Crippen molar-refractivity contribution in [3.05, 3.63) is 21.7 Å². The van der Waals surface area contributed by atoms with Crippen LogP contribution in [0.15, 0.2) is 6.08 Å². The summed E-state index contributed by atoms with van der Waals surface area (Å²) in [7, 11) is 0. The Labute approximate surface area is 99.2 Å². The van der Waals surface area contributed by atoms with E-state index in [1.165, 1.54) is 4.88 Å². The molecule has 1 heterocycles. The highest BCUT2D eigenvalue weighted by Crippen LogP contribution is 2.34. The number of aromatic nitrogens is 1. The van der Waals surface area contributed by atoms with Gasteiger partial charge in [-0.15, -0.1) is 11.3 Å². The second-order valence-corrected chi connectivity index (χ2v) is 4.99. The molecule has 0 aromatic carbocycles. The zero-order chi connectivity index (χ0) is 11.5. The number of carbonyl (C=O) groups excluding carboxylic acids is 1. The third kappa shape index (κ3) is 2.32. The van der Waals surface area contributed by atoms with Crippen LogP contribution in [0.1, 0.15) is 35.3 Å². The molecular formula is C12H15NO2S. The Morgan fingerprint density at radius 1 is 1.56 bits per heavy atom. The molecule has 1 aliphatic rings. The number of fused-ring (bicyclic) bond motifs is 1. The molecular weight excluding hydrogens is 222 g/mol. The average molecular weight is 237 g/mol. The zero-order valence-electron chi connectivity index (χ0n) is 9.58. The monoisotopic (exact) mass is 237 g/mol. The van der Waals surface area contributed by atoms with Crippen LogP contribution in [0.25, 0.3) is 5.57 Å². The van der Waals surface area contributed by atoms with Gasteiger partial charge in [0.2, 0.25) is 0 Å². The maximum Gasteiger partial charge on any atom is 0.331 e. The van der Waals surface area contributed by atoms with Crippen molar-refractivity contribution in [2.24, 2.45) is 0 Å². The van der Waals surface area contributed by atoms with Crippen molar-refractivity contribution in [3.63, 3.8) is 0 Å². The Morgan fingerprint density at radius 3 is 3.12 bits per heavy atom. The minimum atomic E-state index is -0.239. The number of rotatable bonds is 2. The number of nitrogens with zero attached hydrogens (tertiary/aromatic N) is 1. The summed E-state index contributed by atoms with van der Waals surface area (Å²) in [5.41, 5.74) is 2.23. The van der Waals surface area contributed by atoms with E-state index in [0.717, 1.165) is 35.5 Å². The lowest BCUT2D eigenvalue weighted by atomic mass is 9.97. The van der Waals surface area contributed by atoms with Gasteiger partial charge in [-0.1, -0.05) is 0 Å². The Hall–Kier alpha value is -1.16. The summed E-state index contributed by atoms with van der Waals surface area (Å²) >= 11 is 1.67. The Morgan fingerprint density at radius 2 is 2.38 bits per heavy atom. The maximum atomic E-state index is 11.4. The van der Waals surface area contributed by atoms with E-state index in [1.54, 1.807) is 17.4 Å². The molecule has 3 nitrogen and oxygen atoms in total. The maximum absolute atomic E-state index is 11.4. The van der Waals surface area contributed by atoms with Crippen LogP contribution in [0, 0.1) is 6.92 Å². The number of carbonyl (C=O) groups is 1. The number of thiazole rings is 1. The molecule has 1 aromatic heterocycles. The highest BCUT2D eigenvalue weighted by atomic mass is 32.1. The predicted octanol–water partition coefficient (Wildman–Crippen LogP) is 2.73. The third-order valence-corrected chi connectivity index (χ3v) is 3.62. The fourth-order valence-corrected chi connectivity index (χ4v) is 2.92. The predicted molar refractivity (Wildman–Crippen MR) is 64.4 cm³/mol. The van der Waals surface area contributed by atoms with Gasteiger partial charge in [0.15, 0.2) is 0 Å². The zero-order valence-corrected chi connectivity index (χ0v) is 10.4. The Bertz CT molecular complexity index is 434. The minimum absolute atomic E-state index is 0.239. The van der Waals surface area contributed by atoms with E-state index in [9.17, 15) is 4.79 Å². The van der Waals surface area contributed by atoms with Gasteiger partial charge >= 0.3 is 5.97 Å². The molecule has 0 fully saturated rings. The fourth-order valence-electron chi connectivity index (χ4n) is 1.91. The summed E-state index contributed by atoms with van der Waals surface area (Å²) in [5, 5.41) is 1.07. The van der Waals surface area contributed by atoms with Gasteiger partial charge in [0.25, 0.3) is 0 Å². The van der Waals surface area contributed by atoms with E-state index < -0.39 is 0 Å². The molecule has 0 aliphatic heterocycles. The molecule has 0 amide bonds. The van der Waals surface area contributed by atoms with Crippen molar-refractivity contribution < 1.29 is 9.53 Å². The first-order valence-electron chi connectivity index (χ1n) is 5.54. The summed E-state index contributed by atoms with van der Waals surface area (Å²) in [6.07, 6.45) is 4.67. The van der Waals surface area contributed by atoms with Crippen LogP contribution in [0.4, 0.5) is 0 Å². The summed E-state index contributed by atoms with van der Waals surface area (Å²) in [6, 6.07) is 0. The van der Waals surface area contributed by atoms with Gasteiger partial charge in [-0.05, 0) is 38.7 Å². The molecule has 4 heteroatoms. The van der Waals surface area contributed by atoms with Crippen LogP contribution in [0.3, 0.4) is 0 Å². The van der Waals surface area contributed by atoms with Crippen molar-refractivity contribution in [2.75, 3.05) is 6.61 Å². The van der Waals surface area contributed by atoms with Crippen LogP contribution in [-0.2, 0) is 16.0 Å². The Balaban J connectivity index is 2.27. The van der Waals surface area contributed by atoms with Crippen LogP contribution >= 0.6 is 11.3 Å². The standard InChI is InChI=1S/C12H15NO2S/c1-3-15-11(14)7-9-5-4-6-10-12(9)16-8(2)13-10/h7H,3-6H2,1-2H3/b9-7-. The molecule has 0 spiro atoms. The van der Waals surface area contributed by atoms with Gasteiger partial charge in [-0.2, -0.15) is 0 Å². The second-order valence-electron chi connectivity index (χ2n) is 3.78. The molecule has 0 saturated heterocycles. The van der Waals surface area contributed by atoms with E-state index in [0.29, 0.717) is 6.61 Å². The van der Waals surface area contributed by atoms with Crippen molar-refractivity contribution in [1.29, 1.82) is 0 Å². The smallest absolute Gasteiger partial charge is 0.331 e. The third-order valence-electron chi connectivity index (χ3n) is 2.53. The largest absolute Gasteiger partial charge is 0.463 e. The summed E-state index contributed by atoms with van der Waals surface area (Å²) in [6.45, 7) is 4.25. The van der Waals surface area contributed by atoms with E-state index >= 15 is 0 Å². The second kappa shape index (κ2) is 4.78. The van der Waals surface area contributed by atoms with E-state index in [2.05, 4.69) is 4.98 Å². The molecule has 16 heavy (non-hydrogen) atoms. The lowest BCUT2D eigenvalue weighted by Crippen LogP contribution is -2.04. The Kier molecular flexibility index (Phi) is 3.39. The summed E-state index contributed by atoms with van der Waals surface area (Å²) in [5.74, 6) is -0.239. The van der Waals surface area contributed by atoms with E-state index in [1.807, 2.05) is 13.8 Å². The number of allylic oxidation sites excluding steroid dienone is 1. The normalized spacial score (nSPS) is 17.2. The van der Waals surface area contributed by atoms with Crippen molar-refractivity contribution >= 4 is 22.9 Å². The highest BCUT2D eigenvalue weighted by Gasteiger charge is 2.19. The topological polar surface area (TPSA) is 39.2 Å².